The maximum atomic E-state index is 12.6. The van der Waals surface area contributed by atoms with Crippen molar-refractivity contribution < 1.29 is 9.53 Å². The highest BCUT2D eigenvalue weighted by molar-refractivity contribution is 8.00. The van der Waals surface area contributed by atoms with Crippen molar-refractivity contribution >= 4 is 28.9 Å². The van der Waals surface area contributed by atoms with E-state index in [0.29, 0.717) is 17.3 Å². The molecule has 124 valence electrons. The molecule has 2 heterocycles. The fourth-order valence-electron chi connectivity index (χ4n) is 2.13. The van der Waals surface area contributed by atoms with Gasteiger partial charge in [0.15, 0.2) is 5.78 Å². The number of carbonyl (C=O) groups is 1. The van der Waals surface area contributed by atoms with E-state index >= 15 is 0 Å². The normalized spacial score (nSPS) is 12.1. The number of hydrogen-bond donors (Lipinski definition) is 0. The number of ether oxygens (including phenoxy) is 1. The van der Waals surface area contributed by atoms with Crippen molar-refractivity contribution in [2.24, 2.45) is 0 Å². The van der Waals surface area contributed by atoms with Gasteiger partial charge in [-0.3, -0.25) is 4.79 Å². The van der Waals surface area contributed by atoms with E-state index in [0.717, 1.165) is 5.75 Å². The van der Waals surface area contributed by atoms with E-state index in [4.69, 9.17) is 4.74 Å². The van der Waals surface area contributed by atoms with Gasteiger partial charge in [0.1, 0.15) is 5.75 Å². The van der Waals surface area contributed by atoms with Crippen LogP contribution >= 0.6 is 23.1 Å². The van der Waals surface area contributed by atoms with E-state index in [1.54, 1.807) is 47.4 Å². The van der Waals surface area contributed by atoms with Gasteiger partial charge in [0.05, 0.1) is 18.9 Å². The lowest BCUT2D eigenvalue weighted by atomic mass is 10.1. The third-order valence-electron chi connectivity index (χ3n) is 3.41. The van der Waals surface area contributed by atoms with Crippen molar-refractivity contribution in [1.82, 2.24) is 20.2 Å². The van der Waals surface area contributed by atoms with Gasteiger partial charge in [0.25, 0.3) is 0 Å². The van der Waals surface area contributed by atoms with Crippen LogP contribution in [0.15, 0.2) is 46.9 Å². The second-order valence-electron chi connectivity index (χ2n) is 5.05. The zero-order chi connectivity index (χ0) is 16.9. The van der Waals surface area contributed by atoms with Crippen LogP contribution < -0.4 is 4.74 Å². The van der Waals surface area contributed by atoms with E-state index in [-0.39, 0.29) is 11.0 Å². The Balaban J connectivity index is 1.69. The van der Waals surface area contributed by atoms with Gasteiger partial charge in [-0.25, -0.2) is 4.68 Å². The molecule has 6 nitrogen and oxygen atoms in total. The molecule has 0 saturated carbocycles. The number of Topliss-reactive ketones (excluding diaryl/α,β-unsaturated/α-hetero) is 1. The molecule has 0 spiro atoms. The second kappa shape index (κ2) is 7.59. The van der Waals surface area contributed by atoms with Crippen molar-refractivity contribution in [1.29, 1.82) is 0 Å². The summed E-state index contributed by atoms with van der Waals surface area (Å²) in [6, 6.07) is 11.1. The Morgan fingerprint density at radius 1 is 1.33 bits per heavy atom. The summed E-state index contributed by atoms with van der Waals surface area (Å²) in [7, 11) is 1.60. The van der Waals surface area contributed by atoms with Crippen LogP contribution in [-0.2, 0) is 6.54 Å². The first kappa shape index (κ1) is 16.7. The van der Waals surface area contributed by atoms with Gasteiger partial charge in [-0.05, 0) is 53.1 Å². The predicted molar refractivity (Wildman–Crippen MR) is 93.9 cm³/mol. The van der Waals surface area contributed by atoms with E-state index in [1.165, 1.54) is 16.6 Å². The molecular formula is C16H16N4O2S2. The Kier molecular flexibility index (Phi) is 5.27. The molecule has 0 saturated heterocycles. The lowest BCUT2D eigenvalue weighted by Crippen LogP contribution is -2.15. The van der Waals surface area contributed by atoms with E-state index in [2.05, 4.69) is 15.5 Å². The molecule has 0 amide bonds. The molecule has 0 bridgehead atoms. The van der Waals surface area contributed by atoms with Crippen molar-refractivity contribution in [3.8, 4) is 5.75 Å². The summed E-state index contributed by atoms with van der Waals surface area (Å²) in [6.07, 6.45) is 0. The largest absolute Gasteiger partial charge is 0.497 e. The van der Waals surface area contributed by atoms with Gasteiger partial charge in [-0.2, -0.15) is 0 Å². The molecule has 1 atom stereocenters. The summed E-state index contributed by atoms with van der Waals surface area (Å²) in [6.45, 7) is 2.47. The lowest BCUT2D eigenvalue weighted by molar-refractivity contribution is 0.0994. The van der Waals surface area contributed by atoms with Crippen LogP contribution in [0.4, 0.5) is 0 Å². The number of benzene rings is 1. The topological polar surface area (TPSA) is 69.9 Å². The Bertz CT molecular complexity index is 800. The van der Waals surface area contributed by atoms with Crippen molar-refractivity contribution in [3.63, 3.8) is 0 Å². The molecule has 0 aliphatic heterocycles. The third kappa shape index (κ3) is 3.82. The summed E-state index contributed by atoms with van der Waals surface area (Å²) in [5, 5.41) is 14.1. The van der Waals surface area contributed by atoms with Gasteiger partial charge in [-0.15, -0.1) is 16.4 Å². The summed E-state index contributed by atoms with van der Waals surface area (Å²) in [5.41, 5.74) is 0.646. The first-order valence-electron chi connectivity index (χ1n) is 7.31. The molecule has 0 aliphatic rings. The van der Waals surface area contributed by atoms with Gasteiger partial charge < -0.3 is 4.74 Å². The Labute approximate surface area is 147 Å². The number of rotatable bonds is 7. The van der Waals surface area contributed by atoms with Crippen LogP contribution in [-0.4, -0.2) is 38.4 Å². The maximum absolute atomic E-state index is 12.6. The molecule has 2 aromatic heterocycles. The molecule has 3 aromatic rings. The van der Waals surface area contributed by atoms with Crippen LogP contribution in [0.25, 0.3) is 0 Å². The fourth-order valence-corrected chi connectivity index (χ4v) is 3.68. The Morgan fingerprint density at radius 2 is 2.12 bits per heavy atom. The van der Waals surface area contributed by atoms with Crippen LogP contribution in [0.5, 0.6) is 5.75 Å². The smallest absolute Gasteiger partial charge is 0.210 e. The molecule has 24 heavy (non-hydrogen) atoms. The van der Waals surface area contributed by atoms with Gasteiger partial charge >= 0.3 is 0 Å². The molecule has 0 radical (unpaired) electrons. The molecule has 3 rings (SSSR count). The zero-order valence-corrected chi connectivity index (χ0v) is 14.9. The number of thioether (sulfide) groups is 1. The first-order valence-corrected chi connectivity index (χ1v) is 9.07. The minimum Gasteiger partial charge on any atom is -0.497 e. The third-order valence-corrected chi connectivity index (χ3v) is 5.34. The minimum atomic E-state index is -0.286. The van der Waals surface area contributed by atoms with E-state index in [9.17, 15) is 4.79 Å². The zero-order valence-electron chi connectivity index (χ0n) is 13.2. The molecular weight excluding hydrogens is 344 g/mol. The highest BCUT2D eigenvalue weighted by Gasteiger charge is 2.20. The number of nitrogens with zero attached hydrogens (tertiary/aromatic N) is 4. The van der Waals surface area contributed by atoms with Crippen LogP contribution in [0.2, 0.25) is 0 Å². The number of ketones is 1. The summed E-state index contributed by atoms with van der Waals surface area (Å²) in [4.78, 5) is 13.7. The number of thiophene rings is 1. The van der Waals surface area contributed by atoms with Crippen molar-refractivity contribution in [2.75, 3.05) is 7.11 Å². The standard InChI is InChI=1S/C16H16N4O2S2/c1-11(15(21)12-5-7-13(22-2)8-6-12)24-16-17-18-19-20(16)10-14-4-3-9-23-14/h3-9,11H,10H2,1-2H3/t11-/m1/s1. The Morgan fingerprint density at radius 3 is 2.79 bits per heavy atom. The molecule has 1 aromatic carbocycles. The van der Waals surface area contributed by atoms with Crippen LogP contribution in [0.1, 0.15) is 22.2 Å². The van der Waals surface area contributed by atoms with Crippen molar-refractivity contribution in [2.45, 2.75) is 23.9 Å². The fraction of sp³-hybridized carbons (Fsp3) is 0.250. The van der Waals surface area contributed by atoms with Gasteiger partial charge in [0, 0.05) is 10.4 Å². The van der Waals surface area contributed by atoms with E-state index < -0.39 is 0 Å². The Hall–Kier alpha value is -2.19. The van der Waals surface area contributed by atoms with Crippen LogP contribution in [0, 0.1) is 0 Å². The number of aromatic nitrogens is 4. The number of methoxy groups -OCH3 is 1. The SMILES string of the molecule is COc1ccc(C(=O)[C@@H](C)Sc2nnnn2Cc2cccs2)cc1. The number of hydrogen-bond acceptors (Lipinski definition) is 7. The van der Waals surface area contributed by atoms with Crippen LogP contribution in [0.3, 0.4) is 0 Å². The average molecular weight is 360 g/mol. The predicted octanol–water partition coefficient (Wildman–Crippen LogP) is 3.16. The minimum absolute atomic E-state index is 0.0355. The second-order valence-corrected chi connectivity index (χ2v) is 7.39. The maximum Gasteiger partial charge on any atom is 0.210 e. The highest BCUT2D eigenvalue weighted by Crippen LogP contribution is 2.25. The quantitative estimate of drug-likeness (QED) is 0.476. The first-order chi connectivity index (χ1) is 11.7. The summed E-state index contributed by atoms with van der Waals surface area (Å²) < 4.78 is 6.83. The number of carbonyl (C=O) groups excluding carboxylic acids is 1. The van der Waals surface area contributed by atoms with Crippen molar-refractivity contribution in [3.05, 3.63) is 52.2 Å². The monoisotopic (exact) mass is 360 g/mol. The molecule has 8 heteroatoms. The summed E-state index contributed by atoms with van der Waals surface area (Å²) in [5.74, 6) is 0.764. The molecule has 0 aliphatic carbocycles. The average Bonchev–Trinajstić information content (AvgIpc) is 3.27. The molecule has 0 N–H and O–H groups in total. The van der Waals surface area contributed by atoms with Gasteiger partial charge in [-0.1, -0.05) is 17.8 Å². The molecule has 0 unspecified atom stereocenters. The lowest BCUT2D eigenvalue weighted by Gasteiger charge is -2.10. The summed E-state index contributed by atoms with van der Waals surface area (Å²) >= 11 is 3.01. The number of tetrazole rings is 1. The van der Waals surface area contributed by atoms with E-state index in [1.807, 2.05) is 24.4 Å². The van der Waals surface area contributed by atoms with Gasteiger partial charge in [0.2, 0.25) is 5.16 Å². The highest BCUT2D eigenvalue weighted by atomic mass is 32.2. The molecule has 0 fully saturated rings.